The maximum Gasteiger partial charge on any atom is 0.228 e. The molecule has 0 radical (unpaired) electrons. The predicted molar refractivity (Wildman–Crippen MR) is 41.9 cm³/mol. The van der Waals surface area contributed by atoms with E-state index in [4.69, 9.17) is 10.5 Å². The number of carbonyl (C=O) groups is 1. The fourth-order valence-corrected chi connectivity index (χ4v) is 1.49. The van der Waals surface area contributed by atoms with E-state index in [-0.39, 0.29) is 11.3 Å². The number of carbonyl (C=O) groups excluding carboxylic acids is 1. The zero-order valence-electron chi connectivity index (χ0n) is 7.09. The molecule has 3 nitrogen and oxygen atoms in total. The summed E-state index contributed by atoms with van der Waals surface area (Å²) in [4.78, 5) is 11.0. The molecule has 0 spiro atoms. The second kappa shape index (κ2) is 2.81. The molecule has 0 aromatic heterocycles. The molecule has 0 aromatic rings. The predicted octanol–water partition coefficient (Wildman–Crippen LogP) is 0.534. The van der Waals surface area contributed by atoms with Crippen molar-refractivity contribution in [3.8, 4) is 0 Å². The molecule has 1 fully saturated rings. The van der Waals surface area contributed by atoms with Crippen molar-refractivity contribution in [3.05, 3.63) is 0 Å². The quantitative estimate of drug-likeness (QED) is 0.649. The fraction of sp³-hybridized carbons (Fsp3) is 0.875. The zero-order chi connectivity index (χ0) is 8.48. The molecule has 0 unspecified atom stereocenters. The minimum absolute atomic E-state index is 0.211. The summed E-state index contributed by atoms with van der Waals surface area (Å²) < 4.78 is 5.00. The molecular weight excluding hydrogens is 142 g/mol. The van der Waals surface area contributed by atoms with Crippen molar-refractivity contribution >= 4 is 5.91 Å². The first kappa shape index (κ1) is 8.53. The number of hydrogen-bond acceptors (Lipinski definition) is 2. The van der Waals surface area contributed by atoms with Crippen molar-refractivity contribution in [2.75, 3.05) is 13.2 Å². The van der Waals surface area contributed by atoms with Crippen LogP contribution in [0.5, 0.6) is 0 Å². The number of nitrogens with two attached hydrogens (primary N) is 1. The third-order valence-corrected chi connectivity index (χ3v) is 2.08. The van der Waals surface area contributed by atoms with E-state index in [2.05, 4.69) is 13.8 Å². The standard InChI is InChI=1S/C8H15NO2/c1-6(2)3-8(7(9)10)4-11-5-8/h6H,3-5H2,1-2H3,(H2,9,10). The van der Waals surface area contributed by atoms with Gasteiger partial charge in [0, 0.05) is 0 Å². The van der Waals surface area contributed by atoms with Crippen molar-refractivity contribution in [2.24, 2.45) is 17.1 Å². The molecule has 0 aliphatic carbocycles. The van der Waals surface area contributed by atoms with Gasteiger partial charge in [-0.15, -0.1) is 0 Å². The zero-order valence-corrected chi connectivity index (χ0v) is 7.09. The van der Waals surface area contributed by atoms with E-state index in [1.54, 1.807) is 0 Å². The SMILES string of the molecule is CC(C)CC1(C(N)=O)COC1. The van der Waals surface area contributed by atoms with Crippen LogP contribution in [0.15, 0.2) is 0 Å². The lowest BCUT2D eigenvalue weighted by Gasteiger charge is -2.39. The summed E-state index contributed by atoms with van der Waals surface area (Å²) in [5.74, 6) is 0.295. The molecule has 0 bridgehead atoms. The Kier molecular flexibility index (Phi) is 2.18. The average Bonchev–Trinajstić information content (AvgIpc) is 1.77. The van der Waals surface area contributed by atoms with Crippen LogP contribution < -0.4 is 5.73 Å². The molecule has 0 aromatic carbocycles. The lowest BCUT2D eigenvalue weighted by Crippen LogP contribution is -2.53. The summed E-state index contributed by atoms with van der Waals surface area (Å²) in [6.45, 7) is 5.20. The van der Waals surface area contributed by atoms with Crippen molar-refractivity contribution in [2.45, 2.75) is 20.3 Å². The van der Waals surface area contributed by atoms with Gasteiger partial charge in [0.15, 0.2) is 0 Å². The topological polar surface area (TPSA) is 52.3 Å². The first-order valence-electron chi connectivity index (χ1n) is 3.94. The average molecular weight is 157 g/mol. The number of amides is 1. The number of rotatable bonds is 3. The Bertz CT molecular complexity index is 161. The summed E-state index contributed by atoms with van der Waals surface area (Å²) in [5, 5.41) is 0. The third-order valence-electron chi connectivity index (χ3n) is 2.08. The molecule has 0 atom stereocenters. The van der Waals surface area contributed by atoms with Crippen LogP contribution >= 0.6 is 0 Å². The molecular formula is C8H15NO2. The smallest absolute Gasteiger partial charge is 0.228 e. The molecule has 2 N–H and O–H groups in total. The number of primary amides is 1. The van der Waals surface area contributed by atoms with Gasteiger partial charge in [-0.3, -0.25) is 4.79 Å². The molecule has 1 rings (SSSR count). The highest BCUT2D eigenvalue weighted by Gasteiger charge is 2.44. The van der Waals surface area contributed by atoms with E-state index in [0.717, 1.165) is 6.42 Å². The Labute approximate surface area is 66.9 Å². The first-order valence-corrected chi connectivity index (χ1v) is 3.94. The molecule has 3 heteroatoms. The lowest BCUT2D eigenvalue weighted by atomic mass is 9.78. The summed E-state index contributed by atoms with van der Waals surface area (Å²) >= 11 is 0. The van der Waals surface area contributed by atoms with E-state index in [1.165, 1.54) is 0 Å². The third kappa shape index (κ3) is 1.53. The Morgan fingerprint density at radius 2 is 2.18 bits per heavy atom. The number of hydrogen-bond donors (Lipinski definition) is 1. The molecule has 1 aliphatic heterocycles. The summed E-state index contributed by atoms with van der Waals surface area (Å²) in [6, 6.07) is 0. The van der Waals surface area contributed by atoms with Crippen LogP contribution in [0.25, 0.3) is 0 Å². The van der Waals surface area contributed by atoms with Gasteiger partial charge in [-0.25, -0.2) is 0 Å². The lowest BCUT2D eigenvalue weighted by molar-refractivity contribution is -0.161. The fourth-order valence-electron chi connectivity index (χ4n) is 1.49. The van der Waals surface area contributed by atoms with Gasteiger partial charge in [0.2, 0.25) is 5.91 Å². The van der Waals surface area contributed by atoms with Gasteiger partial charge < -0.3 is 10.5 Å². The Morgan fingerprint density at radius 1 is 1.64 bits per heavy atom. The van der Waals surface area contributed by atoms with Crippen LogP contribution in [-0.4, -0.2) is 19.1 Å². The van der Waals surface area contributed by atoms with E-state index < -0.39 is 0 Å². The highest BCUT2D eigenvalue weighted by Crippen LogP contribution is 2.33. The van der Waals surface area contributed by atoms with Crippen LogP contribution in [0.2, 0.25) is 0 Å². The van der Waals surface area contributed by atoms with Crippen molar-refractivity contribution < 1.29 is 9.53 Å². The van der Waals surface area contributed by atoms with Gasteiger partial charge in [0.1, 0.15) is 0 Å². The van der Waals surface area contributed by atoms with E-state index >= 15 is 0 Å². The van der Waals surface area contributed by atoms with Gasteiger partial charge in [-0.05, 0) is 12.3 Å². The van der Waals surface area contributed by atoms with Crippen molar-refractivity contribution in [1.82, 2.24) is 0 Å². The Hall–Kier alpha value is -0.570. The largest absolute Gasteiger partial charge is 0.379 e. The molecule has 1 aliphatic rings. The molecule has 11 heavy (non-hydrogen) atoms. The maximum atomic E-state index is 11.0. The minimum Gasteiger partial charge on any atom is -0.379 e. The van der Waals surface area contributed by atoms with Gasteiger partial charge in [-0.2, -0.15) is 0 Å². The summed E-state index contributed by atoms with van der Waals surface area (Å²) in [7, 11) is 0. The van der Waals surface area contributed by atoms with Gasteiger partial charge in [-0.1, -0.05) is 13.8 Å². The van der Waals surface area contributed by atoms with E-state index in [0.29, 0.717) is 19.1 Å². The van der Waals surface area contributed by atoms with Crippen molar-refractivity contribution in [1.29, 1.82) is 0 Å². The minimum atomic E-state index is -0.339. The van der Waals surface area contributed by atoms with E-state index in [1.807, 2.05) is 0 Å². The van der Waals surface area contributed by atoms with Crippen LogP contribution in [0.1, 0.15) is 20.3 Å². The Morgan fingerprint density at radius 3 is 2.27 bits per heavy atom. The molecule has 1 saturated heterocycles. The van der Waals surface area contributed by atoms with Gasteiger partial charge in [0.05, 0.1) is 18.6 Å². The van der Waals surface area contributed by atoms with Crippen LogP contribution in [0.3, 0.4) is 0 Å². The second-order valence-electron chi connectivity index (χ2n) is 3.74. The summed E-state index contributed by atoms with van der Waals surface area (Å²) in [6.07, 6.45) is 0.850. The first-order chi connectivity index (χ1) is 5.07. The maximum absolute atomic E-state index is 11.0. The number of ether oxygens (including phenoxy) is 1. The summed E-state index contributed by atoms with van der Waals surface area (Å²) in [5.41, 5.74) is 4.92. The van der Waals surface area contributed by atoms with Gasteiger partial charge >= 0.3 is 0 Å². The molecule has 1 heterocycles. The molecule has 64 valence electrons. The van der Waals surface area contributed by atoms with Crippen molar-refractivity contribution in [3.63, 3.8) is 0 Å². The Balaban J connectivity index is 2.54. The highest BCUT2D eigenvalue weighted by atomic mass is 16.5. The monoisotopic (exact) mass is 157 g/mol. The highest BCUT2D eigenvalue weighted by molar-refractivity contribution is 5.81. The molecule has 0 saturated carbocycles. The van der Waals surface area contributed by atoms with Crippen LogP contribution in [-0.2, 0) is 9.53 Å². The second-order valence-corrected chi connectivity index (χ2v) is 3.74. The van der Waals surface area contributed by atoms with Crippen LogP contribution in [0, 0.1) is 11.3 Å². The van der Waals surface area contributed by atoms with Crippen LogP contribution in [0.4, 0.5) is 0 Å². The van der Waals surface area contributed by atoms with E-state index in [9.17, 15) is 4.79 Å². The normalized spacial score (nSPS) is 21.4. The molecule has 1 amide bonds. The van der Waals surface area contributed by atoms with Gasteiger partial charge in [0.25, 0.3) is 0 Å².